The summed E-state index contributed by atoms with van der Waals surface area (Å²) in [5.74, 6) is -0.686. The lowest BCUT2D eigenvalue weighted by molar-refractivity contribution is -0.385. The van der Waals surface area contributed by atoms with Gasteiger partial charge in [-0.1, -0.05) is 34.8 Å². The maximum absolute atomic E-state index is 12.0. The average Bonchev–Trinajstić information content (AvgIpc) is 2.74. The molecule has 1 aromatic carbocycles. The van der Waals surface area contributed by atoms with Crippen molar-refractivity contribution in [2.45, 2.75) is 6.92 Å². The highest BCUT2D eigenvalue weighted by Gasteiger charge is 2.32. The Kier molecular flexibility index (Phi) is 4.60. The first kappa shape index (κ1) is 16.5. The van der Waals surface area contributed by atoms with Crippen LogP contribution >= 0.6 is 34.8 Å². The summed E-state index contributed by atoms with van der Waals surface area (Å²) in [6.45, 7) is 1.42. The second-order valence-corrected chi connectivity index (χ2v) is 5.50. The van der Waals surface area contributed by atoms with Gasteiger partial charge >= 0.3 is 5.69 Å². The van der Waals surface area contributed by atoms with Gasteiger partial charge in [-0.2, -0.15) is 5.10 Å². The minimum Gasteiger partial charge on any atom is -0.354 e. The smallest absolute Gasteiger partial charge is 0.323 e. The summed E-state index contributed by atoms with van der Waals surface area (Å²) >= 11 is 18.0. The Bertz CT molecular complexity index is 765. The van der Waals surface area contributed by atoms with E-state index in [4.69, 9.17) is 34.8 Å². The number of nitro groups is 1. The van der Waals surface area contributed by atoms with Gasteiger partial charge in [-0.15, -0.1) is 0 Å². The number of carbonyl (C=O) groups is 1. The van der Waals surface area contributed by atoms with E-state index < -0.39 is 16.5 Å². The highest BCUT2D eigenvalue weighted by molar-refractivity contribution is 6.40. The molecule has 0 radical (unpaired) electrons. The van der Waals surface area contributed by atoms with E-state index in [0.29, 0.717) is 5.02 Å². The molecule has 1 heterocycles. The third kappa shape index (κ3) is 2.75. The SMILES string of the molecule is CNC(=O)c1c([N+](=O)[O-])c(C)nn1-c1c(Cl)cc(Cl)cc1Cl. The molecule has 116 valence electrons. The van der Waals surface area contributed by atoms with Gasteiger partial charge in [0.15, 0.2) is 0 Å². The van der Waals surface area contributed by atoms with Crippen molar-refractivity contribution in [2.24, 2.45) is 0 Å². The molecule has 10 heteroatoms. The van der Waals surface area contributed by atoms with Crippen molar-refractivity contribution in [1.29, 1.82) is 0 Å². The number of rotatable bonds is 3. The van der Waals surface area contributed by atoms with Crippen molar-refractivity contribution in [3.05, 3.63) is 48.7 Å². The number of hydrogen-bond acceptors (Lipinski definition) is 4. The Morgan fingerprint density at radius 2 is 1.86 bits per heavy atom. The van der Waals surface area contributed by atoms with Crippen molar-refractivity contribution in [2.75, 3.05) is 7.05 Å². The molecule has 0 aliphatic rings. The van der Waals surface area contributed by atoms with Crippen LogP contribution in [0, 0.1) is 17.0 Å². The number of benzene rings is 1. The van der Waals surface area contributed by atoms with Gasteiger partial charge in [0.05, 0.1) is 15.0 Å². The van der Waals surface area contributed by atoms with Crippen LogP contribution in [0.1, 0.15) is 16.2 Å². The minimum absolute atomic E-state index is 0.0608. The standard InChI is InChI=1S/C12H9Cl3N4O3/c1-5-9(19(21)22)11(12(20)16-2)18(17-5)10-7(14)3-6(13)4-8(10)15/h3-4H,1-2H3,(H,16,20). The third-order valence-corrected chi connectivity index (χ3v) is 3.64. The molecule has 1 N–H and O–H groups in total. The Labute approximate surface area is 139 Å². The van der Waals surface area contributed by atoms with E-state index in [1.54, 1.807) is 0 Å². The summed E-state index contributed by atoms with van der Waals surface area (Å²) in [5.41, 5.74) is -0.481. The molecule has 1 amide bonds. The number of nitrogens with zero attached hydrogens (tertiary/aromatic N) is 3. The van der Waals surface area contributed by atoms with Crippen LogP contribution in [0.25, 0.3) is 5.69 Å². The molecular formula is C12H9Cl3N4O3. The quantitative estimate of drug-likeness (QED) is 0.668. The van der Waals surface area contributed by atoms with Gasteiger partial charge in [0, 0.05) is 12.1 Å². The molecule has 1 aromatic heterocycles. The van der Waals surface area contributed by atoms with Gasteiger partial charge in [-0.25, -0.2) is 4.68 Å². The van der Waals surface area contributed by atoms with Gasteiger partial charge in [-0.3, -0.25) is 14.9 Å². The highest BCUT2D eigenvalue weighted by Crippen LogP contribution is 2.35. The van der Waals surface area contributed by atoms with E-state index in [-0.39, 0.29) is 27.1 Å². The third-order valence-electron chi connectivity index (χ3n) is 2.85. The zero-order valence-electron chi connectivity index (χ0n) is 11.4. The molecule has 0 bridgehead atoms. The number of hydrogen-bond donors (Lipinski definition) is 1. The Morgan fingerprint density at radius 1 is 1.32 bits per heavy atom. The van der Waals surface area contributed by atoms with Crippen LogP contribution in [0.15, 0.2) is 12.1 Å². The first-order valence-electron chi connectivity index (χ1n) is 5.89. The zero-order chi connectivity index (χ0) is 16.6. The van der Waals surface area contributed by atoms with Gasteiger partial charge in [0.25, 0.3) is 5.91 Å². The van der Waals surface area contributed by atoms with E-state index in [1.807, 2.05) is 0 Å². The fourth-order valence-electron chi connectivity index (χ4n) is 1.96. The second-order valence-electron chi connectivity index (χ2n) is 4.25. The second kappa shape index (κ2) is 6.12. The zero-order valence-corrected chi connectivity index (χ0v) is 13.6. The van der Waals surface area contributed by atoms with Crippen LogP contribution in [-0.2, 0) is 0 Å². The van der Waals surface area contributed by atoms with Crippen LogP contribution in [0.4, 0.5) is 5.69 Å². The number of carbonyl (C=O) groups excluding carboxylic acids is 1. The van der Waals surface area contributed by atoms with Crippen LogP contribution < -0.4 is 5.32 Å². The van der Waals surface area contributed by atoms with Crippen LogP contribution in [0.2, 0.25) is 15.1 Å². The molecule has 22 heavy (non-hydrogen) atoms. The van der Waals surface area contributed by atoms with Gasteiger partial charge < -0.3 is 5.32 Å². The Hall–Kier alpha value is -1.83. The van der Waals surface area contributed by atoms with Crippen molar-refractivity contribution in [1.82, 2.24) is 15.1 Å². The largest absolute Gasteiger partial charge is 0.354 e. The minimum atomic E-state index is -0.686. The molecule has 0 atom stereocenters. The van der Waals surface area contributed by atoms with Gasteiger partial charge in [-0.05, 0) is 19.1 Å². The first-order chi connectivity index (χ1) is 10.3. The van der Waals surface area contributed by atoms with Crippen molar-refractivity contribution in [3.63, 3.8) is 0 Å². The van der Waals surface area contributed by atoms with E-state index >= 15 is 0 Å². The van der Waals surface area contributed by atoms with Gasteiger partial charge in [0.1, 0.15) is 11.4 Å². The summed E-state index contributed by atoms with van der Waals surface area (Å²) in [6, 6.07) is 2.81. The van der Waals surface area contributed by atoms with Crippen molar-refractivity contribution in [3.8, 4) is 5.69 Å². The molecule has 0 aliphatic heterocycles. The summed E-state index contributed by atoms with van der Waals surface area (Å²) in [6.07, 6.45) is 0. The van der Waals surface area contributed by atoms with Crippen LogP contribution in [-0.4, -0.2) is 27.7 Å². The Balaban J connectivity index is 2.85. The summed E-state index contributed by atoms with van der Waals surface area (Å²) < 4.78 is 1.05. The predicted octanol–water partition coefficient (Wildman–Crippen LogP) is 3.41. The molecule has 0 saturated carbocycles. The number of amides is 1. The molecule has 2 rings (SSSR count). The number of nitrogens with one attached hydrogen (secondary N) is 1. The van der Waals surface area contributed by atoms with Gasteiger partial charge in [0.2, 0.25) is 5.69 Å². The number of aryl methyl sites for hydroxylation is 1. The van der Waals surface area contributed by atoms with Crippen LogP contribution in [0.3, 0.4) is 0 Å². The normalized spacial score (nSPS) is 10.6. The topological polar surface area (TPSA) is 90.1 Å². The van der Waals surface area contributed by atoms with E-state index in [1.165, 1.54) is 26.1 Å². The number of halogens is 3. The average molecular weight is 364 g/mol. The Morgan fingerprint density at radius 3 is 2.32 bits per heavy atom. The lowest BCUT2D eigenvalue weighted by Gasteiger charge is -2.10. The molecule has 0 saturated heterocycles. The summed E-state index contributed by atoms with van der Waals surface area (Å²) in [7, 11) is 1.35. The van der Waals surface area contributed by atoms with E-state index in [0.717, 1.165) is 4.68 Å². The van der Waals surface area contributed by atoms with Crippen LogP contribution in [0.5, 0.6) is 0 Å². The molecule has 0 fully saturated rings. The summed E-state index contributed by atoms with van der Waals surface area (Å²) in [4.78, 5) is 22.6. The summed E-state index contributed by atoms with van der Waals surface area (Å²) in [5, 5.41) is 18.1. The predicted molar refractivity (Wildman–Crippen MR) is 83.4 cm³/mol. The molecule has 0 unspecified atom stereocenters. The monoisotopic (exact) mass is 362 g/mol. The van der Waals surface area contributed by atoms with Crippen molar-refractivity contribution < 1.29 is 9.72 Å². The fourth-order valence-corrected chi connectivity index (χ4v) is 2.94. The van der Waals surface area contributed by atoms with Crippen molar-refractivity contribution >= 4 is 46.4 Å². The van der Waals surface area contributed by atoms with E-state index in [9.17, 15) is 14.9 Å². The maximum atomic E-state index is 12.0. The highest BCUT2D eigenvalue weighted by atomic mass is 35.5. The molecular weight excluding hydrogens is 355 g/mol. The number of aromatic nitrogens is 2. The first-order valence-corrected chi connectivity index (χ1v) is 7.02. The fraction of sp³-hybridized carbons (Fsp3) is 0.167. The lowest BCUT2D eigenvalue weighted by Crippen LogP contribution is -2.23. The maximum Gasteiger partial charge on any atom is 0.323 e. The lowest BCUT2D eigenvalue weighted by atomic mass is 10.2. The van der Waals surface area contributed by atoms with E-state index in [2.05, 4.69) is 10.4 Å². The molecule has 0 spiro atoms. The molecule has 2 aromatic rings. The molecule has 0 aliphatic carbocycles. The molecule has 7 nitrogen and oxygen atoms in total.